The van der Waals surface area contributed by atoms with Crippen LogP contribution in [-0.2, 0) is 21.2 Å². The van der Waals surface area contributed by atoms with Crippen molar-refractivity contribution in [2.24, 2.45) is 5.92 Å². The summed E-state index contributed by atoms with van der Waals surface area (Å²) >= 11 is 0. The van der Waals surface area contributed by atoms with Crippen molar-refractivity contribution in [2.75, 3.05) is 13.1 Å². The van der Waals surface area contributed by atoms with Crippen molar-refractivity contribution < 1.29 is 17.6 Å². The first-order chi connectivity index (χ1) is 13.9. The van der Waals surface area contributed by atoms with E-state index >= 15 is 0 Å². The van der Waals surface area contributed by atoms with E-state index in [1.54, 1.807) is 0 Å². The maximum atomic E-state index is 13.2. The van der Waals surface area contributed by atoms with Gasteiger partial charge >= 0.3 is 0 Å². The Balaban J connectivity index is 1.46. The van der Waals surface area contributed by atoms with Gasteiger partial charge < -0.3 is 5.32 Å². The van der Waals surface area contributed by atoms with Crippen molar-refractivity contribution in [2.45, 2.75) is 43.0 Å². The zero-order valence-electron chi connectivity index (χ0n) is 16.2. The van der Waals surface area contributed by atoms with Gasteiger partial charge in [-0.25, -0.2) is 12.8 Å². The van der Waals surface area contributed by atoms with Crippen LogP contribution in [0.25, 0.3) is 0 Å². The van der Waals surface area contributed by atoms with Crippen molar-refractivity contribution in [3.05, 3.63) is 65.5 Å². The van der Waals surface area contributed by atoms with Gasteiger partial charge in [-0.3, -0.25) is 4.79 Å². The third kappa shape index (κ3) is 4.21. The summed E-state index contributed by atoms with van der Waals surface area (Å²) in [6, 6.07) is 13.0. The van der Waals surface area contributed by atoms with Gasteiger partial charge in [0.15, 0.2) is 0 Å². The molecule has 0 bridgehead atoms. The highest BCUT2D eigenvalue weighted by Crippen LogP contribution is 2.31. The molecule has 2 aromatic carbocycles. The number of nitrogens with one attached hydrogen (secondary N) is 1. The number of halogens is 1. The molecule has 154 valence electrons. The van der Waals surface area contributed by atoms with E-state index in [-0.39, 0.29) is 29.3 Å². The van der Waals surface area contributed by atoms with Crippen LogP contribution < -0.4 is 5.32 Å². The number of nitrogens with zero attached hydrogens (tertiary/aromatic N) is 1. The van der Waals surface area contributed by atoms with E-state index < -0.39 is 15.8 Å². The zero-order valence-corrected chi connectivity index (χ0v) is 17.0. The Hall–Kier alpha value is -2.25. The van der Waals surface area contributed by atoms with Crippen molar-refractivity contribution in [3.63, 3.8) is 0 Å². The Morgan fingerprint density at radius 1 is 1.03 bits per heavy atom. The van der Waals surface area contributed by atoms with Crippen LogP contribution in [-0.4, -0.2) is 31.7 Å². The summed E-state index contributed by atoms with van der Waals surface area (Å²) in [5.74, 6) is -0.952. The molecule has 0 spiro atoms. The predicted octanol–water partition coefficient (Wildman–Crippen LogP) is 3.42. The highest BCUT2D eigenvalue weighted by Gasteiger charge is 2.34. The van der Waals surface area contributed by atoms with Crippen LogP contribution in [0.3, 0.4) is 0 Å². The fourth-order valence-corrected chi connectivity index (χ4v) is 5.85. The molecule has 1 saturated heterocycles. The Labute approximate surface area is 171 Å². The molecule has 5 nitrogen and oxygen atoms in total. The van der Waals surface area contributed by atoms with Crippen LogP contribution in [0.1, 0.15) is 42.9 Å². The highest BCUT2D eigenvalue weighted by molar-refractivity contribution is 7.89. The van der Waals surface area contributed by atoms with E-state index in [4.69, 9.17) is 0 Å². The van der Waals surface area contributed by atoms with E-state index in [1.165, 1.54) is 27.6 Å². The van der Waals surface area contributed by atoms with Gasteiger partial charge in [-0.2, -0.15) is 4.31 Å². The molecule has 2 aromatic rings. The van der Waals surface area contributed by atoms with Crippen molar-refractivity contribution in [1.29, 1.82) is 0 Å². The van der Waals surface area contributed by atoms with Gasteiger partial charge in [-0.05, 0) is 67.5 Å². The summed E-state index contributed by atoms with van der Waals surface area (Å²) in [5, 5.41) is 3.15. The zero-order chi connectivity index (χ0) is 20.4. The Kier molecular flexibility index (Phi) is 5.69. The lowest BCUT2D eigenvalue weighted by Gasteiger charge is -2.33. The van der Waals surface area contributed by atoms with E-state index in [9.17, 15) is 17.6 Å². The molecule has 0 saturated carbocycles. The predicted molar refractivity (Wildman–Crippen MR) is 108 cm³/mol. The summed E-state index contributed by atoms with van der Waals surface area (Å²) in [4.78, 5) is 13.0. The number of carbonyl (C=O) groups excluding carboxylic acids is 1. The molecule has 1 fully saturated rings. The molecule has 0 aromatic heterocycles. The minimum absolute atomic E-state index is 0.0171. The number of piperidine rings is 1. The first-order valence-electron chi connectivity index (χ1n) is 10.1. The summed E-state index contributed by atoms with van der Waals surface area (Å²) in [6.07, 6.45) is 4.23. The summed E-state index contributed by atoms with van der Waals surface area (Å²) in [5.41, 5.74) is 2.44. The molecule has 7 heteroatoms. The molecule has 1 N–H and O–H groups in total. The average molecular weight is 417 g/mol. The maximum Gasteiger partial charge on any atom is 0.243 e. The first kappa shape index (κ1) is 20.0. The topological polar surface area (TPSA) is 66.5 Å². The summed E-state index contributed by atoms with van der Waals surface area (Å²) in [6.45, 7) is 0.523. The molecule has 1 aliphatic heterocycles. The van der Waals surface area contributed by atoms with E-state index in [2.05, 4.69) is 17.4 Å². The van der Waals surface area contributed by atoms with Crippen molar-refractivity contribution >= 4 is 15.9 Å². The van der Waals surface area contributed by atoms with E-state index in [1.807, 2.05) is 12.1 Å². The summed E-state index contributed by atoms with van der Waals surface area (Å²) < 4.78 is 40.3. The third-order valence-corrected chi connectivity index (χ3v) is 7.77. The maximum absolute atomic E-state index is 13.2. The molecule has 1 heterocycles. The smallest absolute Gasteiger partial charge is 0.243 e. The number of aryl methyl sites for hydroxylation is 1. The van der Waals surface area contributed by atoms with Gasteiger partial charge in [0, 0.05) is 13.1 Å². The second kappa shape index (κ2) is 8.24. The van der Waals surface area contributed by atoms with Crippen LogP contribution in [0.4, 0.5) is 4.39 Å². The molecular weight excluding hydrogens is 391 g/mol. The minimum Gasteiger partial charge on any atom is -0.349 e. The second-order valence-electron chi connectivity index (χ2n) is 7.81. The largest absolute Gasteiger partial charge is 0.349 e. The monoisotopic (exact) mass is 416 g/mol. The van der Waals surface area contributed by atoms with Gasteiger partial charge in [-0.15, -0.1) is 0 Å². The number of benzene rings is 2. The molecule has 1 amide bonds. The van der Waals surface area contributed by atoms with Gasteiger partial charge in [0.2, 0.25) is 15.9 Å². The van der Waals surface area contributed by atoms with Crippen LogP contribution in [0.2, 0.25) is 0 Å². The summed E-state index contributed by atoms with van der Waals surface area (Å²) in [7, 11) is -3.74. The minimum atomic E-state index is -3.74. The van der Waals surface area contributed by atoms with Gasteiger partial charge in [0.05, 0.1) is 16.9 Å². The molecule has 1 aliphatic carbocycles. The highest BCUT2D eigenvalue weighted by atomic mass is 32.2. The first-order valence-corrected chi connectivity index (χ1v) is 11.5. The SMILES string of the molecule is O=C(N[C@H]1CCCc2ccccc21)[C@@H]1CCCN(S(=O)(=O)c2ccc(F)cc2)C1. The molecule has 0 unspecified atom stereocenters. The standard InChI is InChI=1S/C22H25FN2O3S/c23-18-10-12-19(13-11-18)29(27,28)25-14-4-7-17(15-25)22(26)24-21-9-3-6-16-5-1-2-8-20(16)21/h1-2,5,8,10-13,17,21H,3-4,6-7,9,14-15H2,(H,24,26)/t17-,21+/m1/s1. The Morgan fingerprint density at radius 2 is 1.79 bits per heavy atom. The van der Waals surface area contributed by atoms with Gasteiger partial charge in [-0.1, -0.05) is 24.3 Å². The van der Waals surface area contributed by atoms with Gasteiger partial charge in [0.1, 0.15) is 5.82 Å². The lowest BCUT2D eigenvalue weighted by Crippen LogP contribution is -2.46. The molecular formula is C22H25FN2O3S. The van der Waals surface area contributed by atoms with Crippen molar-refractivity contribution in [1.82, 2.24) is 9.62 Å². The molecule has 0 radical (unpaired) electrons. The molecule has 2 atom stereocenters. The molecule has 29 heavy (non-hydrogen) atoms. The second-order valence-corrected chi connectivity index (χ2v) is 9.75. The van der Waals surface area contributed by atoms with Crippen molar-refractivity contribution in [3.8, 4) is 0 Å². The lowest BCUT2D eigenvalue weighted by atomic mass is 9.87. The number of carbonyl (C=O) groups is 1. The van der Waals surface area contributed by atoms with E-state index in [0.29, 0.717) is 19.4 Å². The lowest BCUT2D eigenvalue weighted by molar-refractivity contribution is -0.127. The number of hydrogen-bond acceptors (Lipinski definition) is 3. The fourth-order valence-electron chi connectivity index (χ4n) is 4.32. The van der Waals surface area contributed by atoms with Crippen LogP contribution in [0.5, 0.6) is 0 Å². The molecule has 4 rings (SSSR count). The van der Waals surface area contributed by atoms with E-state index in [0.717, 1.165) is 31.4 Å². The average Bonchev–Trinajstić information content (AvgIpc) is 2.74. The Morgan fingerprint density at radius 3 is 2.59 bits per heavy atom. The van der Waals surface area contributed by atoms with Crippen LogP contribution in [0, 0.1) is 11.7 Å². The number of fused-ring (bicyclic) bond motifs is 1. The number of sulfonamides is 1. The third-order valence-electron chi connectivity index (χ3n) is 5.89. The Bertz CT molecular complexity index is 991. The number of rotatable bonds is 4. The van der Waals surface area contributed by atoms with Crippen LogP contribution >= 0.6 is 0 Å². The fraction of sp³-hybridized carbons (Fsp3) is 0.409. The van der Waals surface area contributed by atoms with Crippen LogP contribution in [0.15, 0.2) is 53.4 Å². The quantitative estimate of drug-likeness (QED) is 0.831. The molecule has 2 aliphatic rings. The number of hydrogen-bond donors (Lipinski definition) is 1. The normalized spacial score (nSPS) is 22.7. The number of amides is 1. The van der Waals surface area contributed by atoms with Gasteiger partial charge in [0.25, 0.3) is 0 Å².